The molecule has 0 aromatic heterocycles. The zero-order valence-corrected chi connectivity index (χ0v) is 41.2. The van der Waals surface area contributed by atoms with Crippen LogP contribution in [-0.4, -0.2) is 38.7 Å². The number of ether oxygens (including phenoxy) is 3. The molecule has 0 radical (unpaired) electrons. The van der Waals surface area contributed by atoms with E-state index >= 15 is 0 Å². The Morgan fingerprint density at radius 3 is 0.729 bits per heavy atom. The minimum absolute atomic E-state index is 0.273. The largest absolute Gasteiger partial charge is 0.557 e. The second-order valence-corrected chi connectivity index (χ2v) is 19.6. The van der Waals surface area contributed by atoms with Crippen molar-refractivity contribution in [1.82, 2.24) is 0 Å². The van der Waals surface area contributed by atoms with E-state index in [1.165, 1.54) is 116 Å². The predicted molar refractivity (Wildman–Crippen MR) is 243 cm³/mol. The molecule has 0 aromatic carbocycles. The Labute approximate surface area is 365 Å². The van der Waals surface area contributed by atoms with Crippen molar-refractivity contribution in [3.63, 3.8) is 0 Å². The lowest BCUT2D eigenvalue weighted by atomic mass is 10.1. The van der Waals surface area contributed by atoms with Gasteiger partial charge in [-0.15, -0.1) is 14.0 Å². The van der Waals surface area contributed by atoms with Crippen molar-refractivity contribution in [1.29, 1.82) is 0 Å². The summed E-state index contributed by atoms with van der Waals surface area (Å²) in [7, 11) is -4.62. The Hall–Kier alpha value is -0.130. The normalized spacial score (nSPS) is 14.8. The van der Waals surface area contributed by atoms with Crippen LogP contribution in [0.1, 0.15) is 255 Å². The van der Waals surface area contributed by atoms with E-state index in [0.717, 1.165) is 57.8 Å². The molecule has 0 fully saturated rings. The van der Waals surface area contributed by atoms with Gasteiger partial charge >= 0.3 is 7.82 Å². The smallest absolute Gasteiger partial charge is 0.349 e. The maximum absolute atomic E-state index is 14.3. The Balaban J connectivity index is 5.66. The summed E-state index contributed by atoms with van der Waals surface area (Å²) in [6, 6.07) is 0. The van der Waals surface area contributed by atoms with E-state index < -0.39 is 26.7 Å². The summed E-state index contributed by atoms with van der Waals surface area (Å²) in [5.41, 5.74) is 0. The van der Waals surface area contributed by atoms with E-state index in [1.807, 2.05) is 0 Å². The zero-order valence-electron chi connectivity index (χ0n) is 40.3. The van der Waals surface area contributed by atoms with Gasteiger partial charge < -0.3 is 14.2 Å². The summed E-state index contributed by atoms with van der Waals surface area (Å²) in [6.07, 6.45) is 31.8. The van der Waals surface area contributed by atoms with Crippen LogP contribution >= 0.6 is 7.82 Å². The molecular weight excluding hydrogens is 767 g/mol. The summed E-state index contributed by atoms with van der Waals surface area (Å²) in [4.78, 5) is 17.2. The molecule has 11 heteroatoms. The molecule has 3 unspecified atom stereocenters. The lowest BCUT2D eigenvalue weighted by Gasteiger charge is -2.24. The van der Waals surface area contributed by atoms with E-state index in [9.17, 15) is 4.57 Å². The summed E-state index contributed by atoms with van der Waals surface area (Å²) < 4.78 is 49.1. The molecule has 0 spiro atoms. The average Bonchev–Trinajstić information content (AvgIpc) is 3.20. The first kappa shape index (κ1) is 58.9. The minimum atomic E-state index is -4.62. The number of hydrogen-bond donors (Lipinski definition) is 0. The van der Waals surface area contributed by atoms with Gasteiger partial charge in [0.1, 0.15) is 0 Å². The molecule has 0 N–H and O–H groups in total. The maximum Gasteiger partial charge on any atom is 0.557 e. The van der Waals surface area contributed by atoms with Crippen LogP contribution in [0, 0.1) is 17.8 Å². The van der Waals surface area contributed by atoms with Crippen LogP contribution in [0.2, 0.25) is 0 Å². The molecule has 10 nitrogen and oxygen atoms in total. The monoisotopic (exact) mass is 867 g/mol. The van der Waals surface area contributed by atoms with E-state index in [4.69, 9.17) is 42.9 Å². The van der Waals surface area contributed by atoms with Crippen molar-refractivity contribution in [3.8, 4) is 0 Å². The molecule has 0 bridgehead atoms. The molecule has 0 rings (SSSR count). The van der Waals surface area contributed by atoms with Gasteiger partial charge in [0, 0.05) is 19.3 Å². The highest BCUT2D eigenvalue weighted by Gasteiger charge is 2.37. The van der Waals surface area contributed by atoms with Crippen molar-refractivity contribution in [2.75, 3.05) is 19.8 Å². The Kier molecular flexibility index (Phi) is 43.0. The van der Waals surface area contributed by atoms with Crippen LogP contribution in [0.3, 0.4) is 0 Å². The van der Waals surface area contributed by atoms with Gasteiger partial charge in [-0.1, -0.05) is 216 Å². The summed E-state index contributed by atoms with van der Waals surface area (Å²) >= 11 is 0. The van der Waals surface area contributed by atoms with E-state index in [-0.39, 0.29) is 17.8 Å². The highest BCUT2D eigenvalue weighted by molar-refractivity contribution is 7.48. The summed E-state index contributed by atoms with van der Waals surface area (Å²) in [5.74, 6) is 0.820. The van der Waals surface area contributed by atoms with Gasteiger partial charge in [0.25, 0.3) is 0 Å². The van der Waals surface area contributed by atoms with E-state index in [0.29, 0.717) is 39.1 Å². The molecule has 0 heterocycles. The third-order valence-corrected chi connectivity index (χ3v) is 11.0. The Morgan fingerprint density at radius 2 is 0.525 bits per heavy atom. The van der Waals surface area contributed by atoms with Crippen LogP contribution in [-0.2, 0) is 47.5 Å². The fourth-order valence-corrected chi connectivity index (χ4v) is 7.26. The summed E-state index contributed by atoms with van der Waals surface area (Å²) in [5, 5.41) is 0. The van der Waals surface area contributed by atoms with Gasteiger partial charge in [0.05, 0.1) is 19.8 Å². The molecule has 3 atom stereocenters. The fourth-order valence-electron chi connectivity index (χ4n) is 6.58. The summed E-state index contributed by atoms with van der Waals surface area (Å²) in [6.45, 7) is 20.6. The fraction of sp³-hybridized carbons (Fsp3) is 1.00. The molecular formula is C48H99O10P. The molecule has 0 saturated heterocycles. The van der Waals surface area contributed by atoms with Gasteiger partial charge in [-0.05, 0) is 37.0 Å². The first-order valence-corrected chi connectivity index (χ1v) is 26.5. The quantitative estimate of drug-likeness (QED) is 0.0193. The van der Waals surface area contributed by atoms with Crippen LogP contribution in [0.25, 0.3) is 0 Å². The second-order valence-electron chi connectivity index (χ2n) is 18.3. The van der Waals surface area contributed by atoms with Gasteiger partial charge in [-0.25, -0.2) is 4.57 Å². The SMILES string of the molecule is CCCCCCCCCCCC(OCC(C)C)OOP(=O)(OOC(CCCCCCCCCCC)OCC(C)C)OOC(CCCCCCCCCCC)OCC(C)C. The van der Waals surface area contributed by atoms with E-state index in [1.54, 1.807) is 0 Å². The van der Waals surface area contributed by atoms with E-state index in [2.05, 4.69) is 62.3 Å². The van der Waals surface area contributed by atoms with Crippen molar-refractivity contribution >= 4 is 7.82 Å². The average molecular weight is 867 g/mol. The molecule has 0 aliphatic heterocycles. The van der Waals surface area contributed by atoms with Gasteiger partial charge in [0.15, 0.2) is 18.9 Å². The molecule has 0 saturated carbocycles. The second kappa shape index (κ2) is 43.1. The molecule has 0 aromatic rings. The Morgan fingerprint density at radius 1 is 0.322 bits per heavy atom. The van der Waals surface area contributed by atoms with Crippen molar-refractivity contribution in [2.24, 2.45) is 17.8 Å². The van der Waals surface area contributed by atoms with Crippen LogP contribution in [0.5, 0.6) is 0 Å². The Bertz CT molecular complexity index is 783. The number of unbranched alkanes of at least 4 members (excludes halogenated alkanes) is 24. The standard InChI is InChI=1S/C48H99O10P/c1-10-13-16-19-22-25-28-31-34-37-46(50-40-43(4)5)53-56-59(49,57-54-47(51-41-44(6)7)38-35-32-29-26-23-20-17-14-11-2)58-55-48(52-42-45(8)9)39-36-33-30-27-24-21-18-15-12-3/h43-48H,10-42H2,1-9H3. The van der Waals surface area contributed by atoms with Crippen molar-refractivity contribution in [3.05, 3.63) is 0 Å². The number of rotatable bonds is 48. The topological polar surface area (TPSA) is 100 Å². The molecule has 0 amide bonds. The first-order valence-electron chi connectivity index (χ1n) is 25.0. The molecule has 0 aliphatic carbocycles. The number of phosphoric acid groups is 1. The third kappa shape index (κ3) is 41.6. The van der Waals surface area contributed by atoms with Crippen molar-refractivity contribution in [2.45, 2.75) is 274 Å². The van der Waals surface area contributed by atoms with Crippen LogP contribution in [0.15, 0.2) is 0 Å². The van der Waals surface area contributed by atoms with Gasteiger partial charge in [-0.2, -0.15) is 14.7 Å². The lowest BCUT2D eigenvalue weighted by Crippen LogP contribution is -2.24. The maximum atomic E-state index is 14.3. The highest BCUT2D eigenvalue weighted by atomic mass is 31.2. The molecule has 59 heavy (non-hydrogen) atoms. The lowest BCUT2D eigenvalue weighted by molar-refractivity contribution is -0.405. The van der Waals surface area contributed by atoms with Gasteiger partial charge in [-0.3, -0.25) is 0 Å². The minimum Gasteiger partial charge on any atom is -0.349 e. The van der Waals surface area contributed by atoms with Gasteiger partial charge in [0.2, 0.25) is 0 Å². The highest BCUT2D eigenvalue weighted by Crippen LogP contribution is 2.51. The van der Waals surface area contributed by atoms with Crippen LogP contribution in [0.4, 0.5) is 0 Å². The zero-order chi connectivity index (χ0) is 43.7. The third-order valence-electron chi connectivity index (χ3n) is 10.2. The van der Waals surface area contributed by atoms with Crippen LogP contribution < -0.4 is 0 Å². The first-order chi connectivity index (χ1) is 28.5. The van der Waals surface area contributed by atoms with Crippen molar-refractivity contribution < 1.29 is 47.5 Å². The molecule has 0 aliphatic rings. The number of hydrogen-bond acceptors (Lipinski definition) is 10. The molecule has 356 valence electrons. The predicted octanol–water partition coefficient (Wildman–Crippen LogP) is 16.7.